The first-order valence-electron chi connectivity index (χ1n) is 8.91. The highest BCUT2D eigenvalue weighted by atomic mass is 19.3. The van der Waals surface area contributed by atoms with Gasteiger partial charge in [0.2, 0.25) is 0 Å². The normalized spacial score (nSPS) is 14.3. The smallest absolute Gasteiger partial charge is 0.280 e. The summed E-state index contributed by atoms with van der Waals surface area (Å²) in [5.41, 5.74) is 1.69. The fourth-order valence-corrected chi connectivity index (χ4v) is 3.11. The molecule has 7 nitrogen and oxygen atoms in total. The molecule has 0 aliphatic heterocycles. The molecule has 0 atom stereocenters. The maximum absolute atomic E-state index is 13.5. The molecule has 1 aliphatic carbocycles. The zero-order valence-electron chi connectivity index (χ0n) is 15.1. The Morgan fingerprint density at radius 1 is 1.33 bits per heavy atom. The number of nitrogens with zero attached hydrogens (tertiary/aromatic N) is 6. The molecule has 0 N–H and O–H groups in total. The summed E-state index contributed by atoms with van der Waals surface area (Å²) in [6.07, 6.45) is 4.09. The molecule has 0 aromatic carbocycles. The first-order chi connectivity index (χ1) is 13.0. The fourth-order valence-electron chi connectivity index (χ4n) is 3.11. The van der Waals surface area contributed by atoms with Crippen molar-refractivity contribution < 1.29 is 13.6 Å². The van der Waals surface area contributed by atoms with Crippen LogP contribution in [0.4, 0.5) is 8.78 Å². The van der Waals surface area contributed by atoms with Crippen molar-refractivity contribution in [3.63, 3.8) is 0 Å². The van der Waals surface area contributed by atoms with Crippen molar-refractivity contribution in [2.45, 2.75) is 45.2 Å². The number of carbonyl (C=O) groups is 1. The first-order valence-corrected chi connectivity index (χ1v) is 8.91. The number of carbonyl (C=O) groups excluding carboxylic acids is 1. The summed E-state index contributed by atoms with van der Waals surface area (Å²) in [5, 5.41) is 8.19. The number of amides is 1. The molecule has 1 aliphatic rings. The molecule has 0 radical (unpaired) electrons. The summed E-state index contributed by atoms with van der Waals surface area (Å²) in [6.45, 7) is 3.09. The summed E-state index contributed by atoms with van der Waals surface area (Å²) in [4.78, 5) is 18.9. The Bertz CT molecular complexity index is 991. The molecular formula is C18H20F2N6O. The maximum atomic E-state index is 13.5. The fraction of sp³-hybridized carbons (Fsp3) is 0.444. The first kappa shape index (κ1) is 17.6. The minimum atomic E-state index is -2.69. The van der Waals surface area contributed by atoms with Crippen LogP contribution in [0.5, 0.6) is 0 Å². The van der Waals surface area contributed by atoms with Gasteiger partial charge < -0.3 is 4.90 Å². The number of hydrogen-bond acceptors (Lipinski definition) is 4. The van der Waals surface area contributed by atoms with E-state index in [9.17, 15) is 13.6 Å². The topological polar surface area (TPSA) is 68.3 Å². The van der Waals surface area contributed by atoms with Crippen molar-refractivity contribution in [3.8, 4) is 0 Å². The zero-order valence-corrected chi connectivity index (χ0v) is 15.1. The third-order valence-electron chi connectivity index (χ3n) is 4.75. The SMILES string of the molecule is CCn1cc(CN(C)C(=O)c2cnn3c(C(F)F)cc(C4CC4)nc23)cn1. The Kier molecular flexibility index (Phi) is 4.37. The van der Waals surface area contributed by atoms with Gasteiger partial charge in [0.15, 0.2) is 5.65 Å². The lowest BCUT2D eigenvalue weighted by molar-refractivity contribution is 0.0786. The molecule has 0 saturated heterocycles. The number of halogens is 2. The molecule has 0 unspecified atom stereocenters. The zero-order chi connectivity index (χ0) is 19.1. The largest absolute Gasteiger partial charge is 0.337 e. The van der Waals surface area contributed by atoms with Gasteiger partial charge in [0.05, 0.1) is 12.4 Å². The molecule has 4 rings (SSSR count). The van der Waals surface area contributed by atoms with Crippen LogP contribution < -0.4 is 0 Å². The molecule has 3 heterocycles. The van der Waals surface area contributed by atoms with Crippen LogP contribution in [0.2, 0.25) is 0 Å². The minimum Gasteiger partial charge on any atom is -0.337 e. The van der Waals surface area contributed by atoms with Crippen molar-refractivity contribution in [1.82, 2.24) is 29.3 Å². The number of aromatic nitrogens is 5. The van der Waals surface area contributed by atoms with E-state index < -0.39 is 6.43 Å². The Hall–Kier alpha value is -2.84. The van der Waals surface area contributed by atoms with Gasteiger partial charge in [0, 0.05) is 43.5 Å². The highest BCUT2D eigenvalue weighted by molar-refractivity contribution is 5.99. The maximum Gasteiger partial charge on any atom is 0.280 e. The van der Waals surface area contributed by atoms with Crippen LogP contribution in [0.15, 0.2) is 24.7 Å². The highest BCUT2D eigenvalue weighted by Crippen LogP contribution is 2.40. The van der Waals surface area contributed by atoms with Crippen LogP contribution in [-0.4, -0.2) is 42.2 Å². The van der Waals surface area contributed by atoms with E-state index in [0.29, 0.717) is 12.2 Å². The molecule has 3 aromatic rings. The number of rotatable bonds is 6. The third kappa shape index (κ3) is 3.29. The molecule has 27 heavy (non-hydrogen) atoms. The van der Waals surface area contributed by atoms with E-state index in [4.69, 9.17) is 0 Å². The van der Waals surface area contributed by atoms with Crippen molar-refractivity contribution in [2.75, 3.05) is 7.05 Å². The molecule has 1 amide bonds. The van der Waals surface area contributed by atoms with E-state index >= 15 is 0 Å². The lowest BCUT2D eigenvalue weighted by atomic mass is 10.2. The van der Waals surface area contributed by atoms with E-state index in [1.54, 1.807) is 17.9 Å². The molecule has 9 heteroatoms. The number of fused-ring (bicyclic) bond motifs is 1. The standard InChI is InChI=1S/C18H20F2N6O/c1-3-25-10-11(7-21-25)9-24(2)18(27)13-8-22-26-15(16(19)20)6-14(12-4-5-12)23-17(13)26/h6-8,10,12,16H,3-5,9H2,1-2H3. The van der Waals surface area contributed by atoms with E-state index in [1.165, 1.54) is 17.2 Å². The molecular weight excluding hydrogens is 354 g/mol. The van der Waals surface area contributed by atoms with Crippen LogP contribution in [0.1, 0.15) is 59.4 Å². The highest BCUT2D eigenvalue weighted by Gasteiger charge is 2.29. The van der Waals surface area contributed by atoms with E-state index in [0.717, 1.165) is 29.5 Å². The molecule has 0 spiro atoms. The lowest BCUT2D eigenvalue weighted by Gasteiger charge is -2.15. The van der Waals surface area contributed by atoms with Crippen molar-refractivity contribution in [3.05, 3.63) is 47.2 Å². The summed E-state index contributed by atoms with van der Waals surface area (Å²) < 4.78 is 29.8. The number of hydrogen-bond donors (Lipinski definition) is 0. The predicted molar refractivity (Wildman–Crippen MR) is 93.6 cm³/mol. The van der Waals surface area contributed by atoms with Crippen LogP contribution in [0.25, 0.3) is 5.65 Å². The van der Waals surface area contributed by atoms with Crippen LogP contribution >= 0.6 is 0 Å². The number of aryl methyl sites for hydroxylation is 1. The monoisotopic (exact) mass is 374 g/mol. The molecule has 3 aromatic heterocycles. The van der Waals surface area contributed by atoms with Crippen LogP contribution in [0, 0.1) is 0 Å². The van der Waals surface area contributed by atoms with Gasteiger partial charge in [-0.05, 0) is 25.8 Å². The van der Waals surface area contributed by atoms with Gasteiger partial charge >= 0.3 is 0 Å². The Morgan fingerprint density at radius 3 is 2.74 bits per heavy atom. The van der Waals surface area contributed by atoms with Gasteiger partial charge in [-0.1, -0.05) is 0 Å². The van der Waals surface area contributed by atoms with Crippen LogP contribution in [-0.2, 0) is 13.1 Å². The minimum absolute atomic E-state index is 0.191. The Labute approximate surface area is 154 Å². The lowest BCUT2D eigenvalue weighted by Crippen LogP contribution is -2.26. The van der Waals surface area contributed by atoms with E-state index in [-0.39, 0.29) is 28.7 Å². The molecule has 1 saturated carbocycles. The Balaban J connectivity index is 1.66. The van der Waals surface area contributed by atoms with Crippen LogP contribution in [0.3, 0.4) is 0 Å². The summed E-state index contributed by atoms with van der Waals surface area (Å²) >= 11 is 0. The van der Waals surface area contributed by atoms with E-state index in [1.807, 2.05) is 13.1 Å². The molecule has 0 bridgehead atoms. The summed E-state index contributed by atoms with van der Waals surface area (Å²) in [5.74, 6) is -0.113. The Morgan fingerprint density at radius 2 is 2.11 bits per heavy atom. The van der Waals surface area contributed by atoms with Gasteiger partial charge in [0.1, 0.15) is 11.3 Å². The second-order valence-corrected chi connectivity index (χ2v) is 6.84. The average molecular weight is 374 g/mol. The van der Waals surface area contributed by atoms with E-state index in [2.05, 4.69) is 15.2 Å². The van der Waals surface area contributed by atoms with Gasteiger partial charge in [0.25, 0.3) is 12.3 Å². The summed E-state index contributed by atoms with van der Waals surface area (Å²) in [6, 6.07) is 1.40. The van der Waals surface area contributed by atoms with Gasteiger partial charge in [-0.15, -0.1) is 0 Å². The molecule has 142 valence electrons. The quantitative estimate of drug-likeness (QED) is 0.665. The third-order valence-corrected chi connectivity index (χ3v) is 4.75. The van der Waals surface area contributed by atoms with Crippen molar-refractivity contribution in [2.24, 2.45) is 0 Å². The van der Waals surface area contributed by atoms with Gasteiger partial charge in [-0.25, -0.2) is 18.3 Å². The van der Waals surface area contributed by atoms with Crippen molar-refractivity contribution in [1.29, 1.82) is 0 Å². The second-order valence-electron chi connectivity index (χ2n) is 6.84. The van der Waals surface area contributed by atoms with Crippen molar-refractivity contribution >= 4 is 11.6 Å². The number of alkyl halides is 2. The van der Waals surface area contributed by atoms with Gasteiger partial charge in [-0.3, -0.25) is 9.48 Å². The second kappa shape index (κ2) is 6.71. The predicted octanol–water partition coefficient (Wildman–Crippen LogP) is 3.03. The summed E-state index contributed by atoms with van der Waals surface area (Å²) in [7, 11) is 1.66. The van der Waals surface area contributed by atoms with Gasteiger partial charge in [-0.2, -0.15) is 10.2 Å². The average Bonchev–Trinajstić information content (AvgIpc) is 3.26. The molecule has 1 fully saturated rings.